The molecule has 2 aliphatic rings. The van der Waals surface area contributed by atoms with Gasteiger partial charge in [-0.05, 0) is 38.8 Å². The molecule has 134 valence electrons. The van der Waals surface area contributed by atoms with Crippen LogP contribution in [-0.4, -0.2) is 46.4 Å². The van der Waals surface area contributed by atoms with Crippen molar-refractivity contribution in [3.8, 4) is 0 Å². The molecule has 2 fully saturated rings. The van der Waals surface area contributed by atoms with Crippen LogP contribution in [0.4, 0.5) is 0 Å². The van der Waals surface area contributed by atoms with Gasteiger partial charge in [-0.25, -0.2) is 0 Å². The molecule has 4 rings (SSSR count). The van der Waals surface area contributed by atoms with E-state index in [1.54, 1.807) is 0 Å². The highest BCUT2D eigenvalue weighted by atomic mass is 16.5. The summed E-state index contributed by atoms with van der Waals surface area (Å²) < 4.78 is 17.5. The van der Waals surface area contributed by atoms with Crippen molar-refractivity contribution in [3.63, 3.8) is 0 Å². The zero-order valence-electron chi connectivity index (χ0n) is 14.9. The van der Waals surface area contributed by atoms with Crippen LogP contribution in [-0.2, 0) is 22.6 Å². The van der Waals surface area contributed by atoms with E-state index in [4.69, 9.17) is 14.0 Å². The zero-order chi connectivity index (χ0) is 17.2. The van der Waals surface area contributed by atoms with E-state index in [2.05, 4.69) is 15.0 Å². The number of hydrogen-bond acceptors (Lipinski definition) is 6. The monoisotopic (exact) mass is 343 g/mol. The first-order valence-corrected chi connectivity index (χ1v) is 9.01. The number of rotatable bonds is 5. The molecule has 0 bridgehead atoms. The molecule has 0 aromatic carbocycles. The molecule has 0 spiro atoms. The van der Waals surface area contributed by atoms with Gasteiger partial charge in [0.2, 0.25) is 0 Å². The Balaban J connectivity index is 1.43. The average Bonchev–Trinajstić information content (AvgIpc) is 3.18. The lowest BCUT2D eigenvalue weighted by Crippen LogP contribution is -2.41. The van der Waals surface area contributed by atoms with Crippen LogP contribution >= 0.6 is 0 Å². The molecule has 4 heterocycles. The minimum Gasteiger partial charge on any atom is -0.374 e. The van der Waals surface area contributed by atoms with Crippen molar-refractivity contribution in [1.82, 2.24) is 15.0 Å². The molecule has 2 aromatic rings. The van der Waals surface area contributed by atoms with Gasteiger partial charge in [-0.2, -0.15) is 0 Å². The Bertz CT molecular complexity index is 717. The van der Waals surface area contributed by atoms with Crippen molar-refractivity contribution < 1.29 is 14.0 Å². The first-order valence-electron chi connectivity index (χ1n) is 9.01. The van der Waals surface area contributed by atoms with E-state index in [0.29, 0.717) is 12.6 Å². The quantitative estimate of drug-likeness (QED) is 0.832. The second-order valence-corrected chi connectivity index (χ2v) is 7.02. The van der Waals surface area contributed by atoms with Gasteiger partial charge >= 0.3 is 0 Å². The van der Waals surface area contributed by atoms with E-state index in [-0.39, 0.29) is 12.2 Å². The number of aryl methyl sites for hydroxylation is 2. The zero-order valence-corrected chi connectivity index (χ0v) is 14.9. The lowest BCUT2D eigenvalue weighted by molar-refractivity contribution is -0.0824. The maximum absolute atomic E-state index is 6.21. The molecule has 0 saturated carbocycles. The van der Waals surface area contributed by atoms with Crippen LogP contribution in [0.25, 0.3) is 0 Å². The average molecular weight is 343 g/mol. The highest BCUT2D eigenvalue weighted by Gasteiger charge is 2.44. The summed E-state index contributed by atoms with van der Waals surface area (Å²) in [7, 11) is 0. The summed E-state index contributed by atoms with van der Waals surface area (Å²) in [5.74, 6) is 0.851. The minimum atomic E-state index is 0.0700. The first-order chi connectivity index (χ1) is 12.2. The van der Waals surface area contributed by atoms with Crippen molar-refractivity contribution in [2.45, 2.75) is 58.1 Å². The molecule has 0 N–H and O–H groups in total. The van der Waals surface area contributed by atoms with Crippen LogP contribution in [0, 0.1) is 13.8 Å². The number of ether oxygens (including phenoxy) is 2. The number of aromatic nitrogens is 2. The van der Waals surface area contributed by atoms with Gasteiger partial charge in [0.25, 0.3) is 0 Å². The molecule has 25 heavy (non-hydrogen) atoms. The molecule has 0 amide bonds. The van der Waals surface area contributed by atoms with E-state index in [9.17, 15) is 0 Å². The fourth-order valence-electron chi connectivity index (χ4n) is 3.91. The molecule has 6 heteroatoms. The van der Waals surface area contributed by atoms with E-state index < -0.39 is 0 Å². The summed E-state index contributed by atoms with van der Waals surface area (Å²) in [6.45, 7) is 6.91. The van der Waals surface area contributed by atoms with Crippen LogP contribution in [0.3, 0.4) is 0 Å². The van der Waals surface area contributed by atoms with Gasteiger partial charge < -0.3 is 14.0 Å². The first kappa shape index (κ1) is 16.7. The summed E-state index contributed by atoms with van der Waals surface area (Å²) in [5.41, 5.74) is 2.96. The standard InChI is InChI=1S/C19H25N3O3/c1-13-5-3-6-15(20-13)12-24-18-11-22(10-16-9-14(2)25-21-16)17-7-4-8-23-19(17)18/h3,5-6,9,17-19H,4,7-8,10-12H2,1-2H3/t17-,18+,19+/m0/s1. The Labute approximate surface area is 148 Å². The number of fused-ring (bicyclic) bond motifs is 1. The highest BCUT2D eigenvalue weighted by molar-refractivity contribution is 5.10. The van der Waals surface area contributed by atoms with Crippen LogP contribution in [0.2, 0.25) is 0 Å². The largest absolute Gasteiger partial charge is 0.374 e. The van der Waals surface area contributed by atoms with Crippen LogP contribution in [0.5, 0.6) is 0 Å². The van der Waals surface area contributed by atoms with Crippen molar-refractivity contribution >= 4 is 0 Å². The Morgan fingerprint density at radius 2 is 2.20 bits per heavy atom. The van der Waals surface area contributed by atoms with Crippen molar-refractivity contribution in [2.75, 3.05) is 13.2 Å². The lowest BCUT2D eigenvalue weighted by Gasteiger charge is -2.32. The normalized spacial score (nSPS) is 26.7. The third-order valence-corrected chi connectivity index (χ3v) is 5.02. The number of nitrogens with zero attached hydrogens (tertiary/aromatic N) is 3. The summed E-state index contributed by atoms with van der Waals surface area (Å²) in [6.07, 6.45) is 2.44. The topological polar surface area (TPSA) is 60.6 Å². The summed E-state index contributed by atoms with van der Waals surface area (Å²) >= 11 is 0. The van der Waals surface area contributed by atoms with Gasteiger partial charge in [0.05, 0.1) is 24.1 Å². The smallest absolute Gasteiger partial charge is 0.133 e. The Morgan fingerprint density at radius 1 is 1.28 bits per heavy atom. The molecule has 0 unspecified atom stereocenters. The third-order valence-electron chi connectivity index (χ3n) is 5.02. The molecule has 2 aromatic heterocycles. The minimum absolute atomic E-state index is 0.0700. The Morgan fingerprint density at radius 3 is 3.00 bits per heavy atom. The molecule has 0 radical (unpaired) electrons. The van der Waals surface area contributed by atoms with E-state index >= 15 is 0 Å². The Hall–Kier alpha value is -1.76. The molecule has 0 aliphatic carbocycles. The van der Waals surface area contributed by atoms with Crippen molar-refractivity contribution in [2.24, 2.45) is 0 Å². The third kappa shape index (κ3) is 3.76. The second-order valence-electron chi connectivity index (χ2n) is 7.02. The fourth-order valence-corrected chi connectivity index (χ4v) is 3.91. The maximum atomic E-state index is 6.21. The van der Waals surface area contributed by atoms with Gasteiger partial charge in [0.15, 0.2) is 0 Å². The Kier molecular flexibility index (Phi) is 4.83. The van der Waals surface area contributed by atoms with E-state index in [0.717, 1.165) is 55.4 Å². The summed E-state index contributed by atoms with van der Waals surface area (Å²) in [6, 6.07) is 8.43. The van der Waals surface area contributed by atoms with Gasteiger partial charge in [-0.3, -0.25) is 9.88 Å². The maximum Gasteiger partial charge on any atom is 0.133 e. The lowest BCUT2D eigenvalue weighted by atomic mass is 10.0. The van der Waals surface area contributed by atoms with E-state index in [1.165, 1.54) is 0 Å². The molecule has 6 nitrogen and oxygen atoms in total. The predicted octanol–water partition coefficient (Wildman–Crippen LogP) is 2.64. The van der Waals surface area contributed by atoms with Gasteiger partial charge in [0, 0.05) is 37.5 Å². The summed E-state index contributed by atoms with van der Waals surface area (Å²) in [5, 5.41) is 4.14. The van der Waals surface area contributed by atoms with E-state index in [1.807, 2.05) is 38.1 Å². The molecular weight excluding hydrogens is 318 g/mol. The number of pyridine rings is 1. The highest BCUT2D eigenvalue weighted by Crippen LogP contribution is 2.32. The van der Waals surface area contributed by atoms with Gasteiger partial charge in [0.1, 0.15) is 11.9 Å². The fraction of sp³-hybridized carbons (Fsp3) is 0.579. The summed E-state index contributed by atoms with van der Waals surface area (Å²) in [4.78, 5) is 6.95. The molecule has 2 aliphatic heterocycles. The molecule has 3 atom stereocenters. The van der Waals surface area contributed by atoms with Gasteiger partial charge in [-0.1, -0.05) is 11.2 Å². The SMILES string of the molecule is Cc1cccc(CO[C@@H]2CN(Cc3cc(C)on3)[C@H]3CCCO[C@@H]23)n1. The number of hydrogen-bond donors (Lipinski definition) is 0. The van der Waals surface area contributed by atoms with Crippen LogP contribution < -0.4 is 0 Å². The second kappa shape index (κ2) is 7.23. The number of likely N-dealkylation sites (tertiary alicyclic amines) is 1. The van der Waals surface area contributed by atoms with Crippen LogP contribution in [0.1, 0.15) is 35.7 Å². The van der Waals surface area contributed by atoms with Crippen molar-refractivity contribution in [1.29, 1.82) is 0 Å². The van der Waals surface area contributed by atoms with Crippen LogP contribution in [0.15, 0.2) is 28.8 Å². The molecule has 2 saturated heterocycles. The predicted molar refractivity (Wildman–Crippen MR) is 92.0 cm³/mol. The van der Waals surface area contributed by atoms with Gasteiger partial charge in [-0.15, -0.1) is 0 Å². The molecular formula is C19H25N3O3. The van der Waals surface area contributed by atoms with Crippen molar-refractivity contribution in [3.05, 3.63) is 47.1 Å².